The first-order valence-electron chi connectivity index (χ1n) is 11.7. The largest absolute Gasteiger partial charge is 0.355 e. The second-order valence-electron chi connectivity index (χ2n) is 8.93. The van der Waals surface area contributed by atoms with E-state index >= 15 is 0 Å². The van der Waals surface area contributed by atoms with Crippen molar-refractivity contribution in [2.75, 3.05) is 49.1 Å². The van der Waals surface area contributed by atoms with Gasteiger partial charge in [-0.05, 0) is 38.5 Å². The molecular formula is C23H29N5O4S3. The summed E-state index contributed by atoms with van der Waals surface area (Å²) in [6.45, 7) is 10.2. The van der Waals surface area contributed by atoms with E-state index in [0.29, 0.717) is 39.1 Å². The van der Waals surface area contributed by atoms with E-state index in [0.717, 1.165) is 44.5 Å². The van der Waals surface area contributed by atoms with E-state index < -0.39 is 15.9 Å². The molecule has 1 unspecified atom stereocenters. The second-order valence-corrected chi connectivity index (χ2v) is 12.8. The molecule has 4 heterocycles. The predicted octanol–water partition coefficient (Wildman–Crippen LogP) is 1.58. The van der Waals surface area contributed by atoms with Gasteiger partial charge in [0, 0.05) is 38.3 Å². The van der Waals surface area contributed by atoms with Crippen molar-refractivity contribution < 1.29 is 13.2 Å². The Bertz CT molecular complexity index is 1300. The number of carbonyl (C=O) groups excluding carboxylic acids is 1. The number of piperazine rings is 1. The number of carbonyl (C=O) groups is 1. The Morgan fingerprint density at radius 3 is 2.40 bits per heavy atom. The summed E-state index contributed by atoms with van der Waals surface area (Å²) in [5.74, 6) is 0.348. The molecule has 1 atom stereocenters. The Hall–Kier alpha value is -2.20. The number of nitriles is 1. The number of pyridine rings is 1. The van der Waals surface area contributed by atoms with Crippen molar-refractivity contribution >= 4 is 55.9 Å². The number of likely N-dealkylation sites (N-methyl/N-ethyl adjacent to an activating group) is 1. The third-order valence-corrected chi connectivity index (χ3v) is 10.0. The number of amides is 1. The Kier molecular flexibility index (Phi) is 7.43. The highest BCUT2D eigenvalue weighted by molar-refractivity contribution is 8.26. The highest BCUT2D eigenvalue weighted by Crippen LogP contribution is 2.38. The fraction of sp³-hybridized carbons (Fsp3) is 0.565. The van der Waals surface area contributed by atoms with E-state index in [4.69, 9.17) is 12.2 Å². The Morgan fingerprint density at radius 1 is 1.17 bits per heavy atom. The summed E-state index contributed by atoms with van der Waals surface area (Å²) in [5, 5.41) is 9.74. The van der Waals surface area contributed by atoms with Crippen LogP contribution in [0.5, 0.6) is 0 Å². The van der Waals surface area contributed by atoms with Gasteiger partial charge in [-0.2, -0.15) is 5.26 Å². The summed E-state index contributed by atoms with van der Waals surface area (Å²) in [7, 11) is -3.18. The minimum atomic E-state index is -3.18. The van der Waals surface area contributed by atoms with Crippen molar-refractivity contribution in [1.29, 1.82) is 5.26 Å². The lowest BCUT2D eigenvalue weighted by molar-refractivity contribution is -0.123. The van der Waals surface area contributed by atoms with E-state index in [1.807, 2.05) is 13.0 Å². The molecule has 3 aliphatic heterocycles. The molecule has 0 radical (unpaired) electrons. The monoisotopic (exact) mass is 535 g/mol. The first-order chi connectivity index (χ1) is 16.6. The van der Waals surface area contributed by atoms with Crippen LogP contribution in [-0.2, 0) is 21.2 Å². The summed E-state index contributed by atoms with van der Waals surface area (Å²) in [6.07, 6.45) is 2.10. The lowest BCUT2D eigenvalue weighted by Crippen LogP contribution is -2.48. The minimum Gasteiger partial charge on any atom is -0.355 e. The molecule has 1 aromatic rings. The number of hydrogen-bond donors (Lipinski definition) is 0. The van der Waals surface area contributed by atoms with Crippen LogP contribution in [0.3, 0.4) is 0 Å². The van der Waals surface area contributed by atoms with Crippen molar-refractivity contribution in [3.8, 4) is 6.07 Å². The molecule has 0 spiro atoms. The Morgan fingerprint density at radius 2 is 1.86 bits per heavy atom. The smallest absolute Gasteiger partial charge is 0.270 e. The lowest BCUT2D eigenvalue weighted by atomic mass is 10.0. The first kappa shape index (κ1) is 25.9. The fourth-order valence-electron chi connectivity index (χ4n) is 4.96. The van der Waals surface area contributed by atoms with Gasteiger partial charge in [0.25, 0.3) is 11.5 Å². The van der Waals surface area contributed by atoms with Gasteiger partial charge in [-0.1, -0.05) is 30.9 Å². The number of thiocarbonyl (C=S) groups is 1. The predicted molar refractivity (Wildman–Crippen MR) is 142 cm³/mol. The minimum absolute atomic E-state index is 0.0494. The SMILES string of the molecule is CCN1CCN(c2c(/C=C3\SC(=S)N(C4CCS(=O)(=O)C4)C3=O)c(C)c(C#N)c(=O)n2CC)CC1. The maximum Gasteiger partial charge on any atom is 0.270 e. The van der Waals surface area contributed by atoms with Gasteiger partial charge in [-0.3, -0.25) is 19.1 Å². The number of anilines is 1. The lowest BCUT2D eigenvalue weighted by Gasteiger charge is -2.37. The zero-order valence-corrected chi connectivity index (χ0v) is 22.6. The summed E-state index contributed by atoms with van der Waals surface area (Å²) in [6, 6.07) is 1.59. The van der Waals surface area contributed by atoms with Gasteiger partial charge in [0.2, 0.25) is 0 Å². The molecule has 0 aliphatic carbocycles. The maximum atomic E-state index is 13.4. The summed E-state index contributed by atoms with van der Waals surface area (Å²) in [4.78, 5) is 32.8. The quantitative estimate of drug-likeness (QED) is 0.410. The number of thioether (sulfide) groups is 1. The average molecular weight is 536 g/mol. The number of nitrogens with zero attached hydrogens (tertiary/aromatic N) is 5. The number of hydrogen-bond acceptors (Lipinski definition) is 9. The van der Waals surface area contributed by atoms with Gasteiger partial charge in [0.05, 0.1) is 22.5 Å². The van der Waals surface area contributed by atoms with Gasteiger partial charge >= 0.3 is 0 Å². The van der Waals surface area contributed by atoms with E-state index in [1.165, 1.54) is 4.90 Å². The van der Waals surface area contributed by atoms with E-state index in [1.54, 1.807) is 17.6 Å². The molecule has 3 saturated heterocycles. The summed E-state index contributed by atoms with van der Waals surface area (Å²) < 4.78 is 25.9. The van der Waals surface area contributed by atoms with Crippen LogP contribution < -0.4 is 10.5 Å². The van der Waals surface area contributed by atoms with Gasteiger partial charge < -0.3 is 9.80 Å². The molecule has 9 nitrogen and oxygen atoms in total. The highest BCUT2D eigenvalue weighted by Gasteiger charge is 2.42. The third kappa shape index (κ3) is 4.79. The molecule has 12 heteroatoms. The van der Waals surface area contributed by atoms with Crippen molar-refractivity contribution in [2.45, 2.75) is 39.8 Å². The molecule has 35 heavy (non-hydrogen) atoms. The van der Waals surface area contributed by atoms with Crippen molar-refractivity contribution in [1.82, 2.24) is 14.4 Å². The molecule has 0 bridgehead atoms. The van der Waals surface area contributed by atoms with Crippen molar-refractivity contribution in [3.63, 3.8) is 0 Å². The van der Waals surface area contributed by atoms with Crippen LogP contribution in [0.15, 0.2) is 9.70 Å². The molecule has 3 aliphatic rings. The molecule has 3 fully saturated rings. The molecular weight excluding hydrogens is 506 g/mol. The highest BCUT2D eigenvalue weighted by atomic mass is 32.2. The van der Waals surface area contributed by atoms with Crippen LogP contribution in [0.1, 0.15) is 37.0 Å². The normalized spacial score (nSPS) is 23.9. The molecule has 1 amide bonds. The maximum absolute atomic E-state index is 13.4. The van der Waals surface area contributed by atoms with Crippen molar-refractivity contribution in [2.24, 2.45) is 0 Å². The van der Waals surface area contributed by atoms with Gasteiger partial charge in [0.1, 0.15) is 21.8 Å². The van der Waals surface area contributed by atoms with Crippen LogP contribution in [-0.4, -0.2) is 83.3 Å². The zero-order chi connectivity index (χ0) is 25.5. The van der Waals surface area contributed by atoms with Crippen LogP contribution in [0.25, 0.3) is 6.08 Å². The first-order valence-corrected chi connectivity index (χ1v) is 14.8. The fourth-order valence-corrected chi connectivity index (χ4v) is 8.04. The molecule has 0 N–H and O–H groups in total. The van der Waals surface area contributed by atoms with Crippen LogP contribution in [0.2, 0.25) is 0 Å². The summed E-state index contributed by atoms with van der Waals surface area (Å²) in [5.41, 5.74) is 0.920. The van der Waals surface area contributed by atoms with Gasteiger partial charge in [0.15, 0.2) is 9.84 Å². The van der Waals surface area contributed by atoms with Gasteiger partial charge in [-0.25, -0.2) is 8.42 Å². The Balaban J connectivity index is 1.80. The second kappa shape index (κ2) is 10.0. The van der Waals surface area contributed by atoms with Crippen molar-refractivity contribution in [3.05, 3.63) is 31.9 Å². The number of aromatic nitrogens is 1. The van der Waals surface area contributed by atoms with Crippen LogP contribution >= 0.6 is 24.0 Å². The summed E-state index contributed by atoms with van der Waals surface area (Å²) >= 11 is 6.61. The molecule has 0 saturated carbocycles. The van der Waals surface area contributed by atoms with E-state index in [-0.39, 0.29) is 28.5 Å². The zero-order valence-electron chi connectivity index (χ0n) is 20.1. The van der Waals surface area contributed by atoms with Gasteiger partial charge in [-0.15, -0.1) is 0 Å². The Labute approximate surface area is 215 Å². The van der Waals surface area contributed by atoms with E-state index in [9.17, 15) is 23.3 Å². The number of sulfone groups is 1. The van der Waals surface area contributed by atoms with Crippen LogP contribution in [0, 0.1) is 18.3 Å². The third-order valence-electron chi connectivity index (χ3n) is 6.95. The van der Waals surface area contributed by atoms with Crippen LogP contribution in [0.4, 0.5) is 5.82 Å². The topological polar surface area (TPSA) is 107 Å². The molecule has 1 aromatic heterocycles. The number of rotatable bonds is 5. The average Bonchev–Trinajstić information content (AvgIpc) is 3.32. The molecule has 0 aromatic carbocycles. The standard InChI is InChI=1S/C23H29N5O4S3/c1-4-25-7-9-26(10-8-25)20-17(15(3)18(13-24)21(29)27(20)5-2)12-19-22(30)28(23(33)34-19)16-6-11-35(31,32)14-16/h12,16H,4-11,14H2,1-3H3/b19-12-. The van der Waals surface area contributed by atoms with E-state index in [2.05, 4.69) is 16.7 Å². The molecule has 188 valence electrons. The molecule has 4 rings (SSSR count).